The monoisotopic (exact) mass is 140 g/mol. The van der Waals surface area contributed by atoms with Gasteiger partial charge in [0.25, 0.3) is 0 Å². The third-order valence-electron chi connectivity index (χ3n) is 1.65. The van der Waals surface area contributed by atoms with E-state index < -0.39 is 0 Å². The van der Waals surface area contributed by atoms with Gasteiger partial charge < -0.3 is 0 Å². The molecule has 0 unspecified atom stereocenters. The summed E-state index contributed by atoms with van der Waals surface area (Å²) in [6, 6.07) is 0. The lowest BCUT2D eigenvalue weighted by molar-refractivity contribution is -0.114. The molecule has 0 rings (SSSR count). The van der Waals surface area contributed by atoms with Gasteiger partial charge in [-0.25, -0.2) is 0 Å². The van der Waals surface area contributed by atoms with Crippen LogP contribution in [-0.4, -0.2) is 5.78 Å². The van der Waals surface area contributed by atoms with Crippen LogP contribution in [-0.2, 0) is 4.79 Å². The first-order valence-electron chi connectivity index (χ1n) is 3.79. The van der Waals surface area contributed by atoms with Crippen molar-refractivity contribution < 1.29 is 4.79 Å². The van der Waals surface area contributed by atoms with Crippen molar-refractivity contribution in [3.8, 4) is 0 Å². The molecule has 0 aliphatic carbocycles. The first kappa shape index (κ1) is 9.41. The SMILES string of the molecule is CCC(=O)/C=C(\C)C(C)C. The number of carbonyl (C=O) groups is 1. The summed E-state index contributed by atoms with van der Waals surface area (Å²) in [4.78, 5) is 10.9. The lowest BCUT2D eigenvalue weighted by Crippen LogP contribution is -1.95. The molecule has 0 atom stereocenters. The Hall–Kier alpha value is -0.590. The van der Waals surface area contributed by atoms with Crippen LogP contribution < -0.4 is 0 Å². The molecule has 0 bridgehead atoms. The van der Waals surface area contributed by atoms with E-state index in [1.54, 1.807) is 6.08 Å². The molecule has 0 N–H and O–H groups in total. The molecule has 0 aromatic heterocycles. The third kappa shape index (κ3) is 3.44. The van der Waals surface area contributed by atoms with Gasteiger partial charge in [-0.1, -0.05) is 26.3 Å². The summed E-state index contributed by atoms with van der Waals surface area (Å²) in [5, 5.41) is 0. The van der Waals surface area contributed by atoms with Gasteiger partial charge in [0, 0.05) is 6.42 Å². The zero-order valence-electron chi connectivity index (χ0n) is 7.27. The molecule has 0 saturated heterocycles. The Morgan fingerprint density at radius 2 is 2.00 bits per heavy atom. The second-order valence-electron chi connectivity index (χ2n) is 2.86. The van der Waals surface area contributed by atoms with Crippen LogP contribution >= 0.6 is 0 Å². The quantitative estimate of drug-likeness (QED) is 0.551. The van der Waals surface area contributed by atoms with Gasteiger partial charge >= 0.3 is 0 Å². The molecule has 58 valence electrons. The number of rotatable bonds is 3. The summed E-state index contributed by atoms with van der Waals surface area (Å²) < 4.78 is 0. The van der Waals surface area contributed by atoms with Crippen LogP contribution in [0.4, 0.5) is 0 Å². The zero-order valence-corrected chi connectivity index (χ0v) is 7.27. The predicted molar refractivity (Wildman–Crippen MR) is 43.9 cm³/mol. The van der Waals surface area contributed by atoms with Gasteiger partial charge in [-0.3, -0.25) is 4.79 Å². The van der Waals surface area contributed by atoms with Crippen molar-refractivity contribution in [3.63, 3.8) is 0 Å². The molecular formula is C9H16O. The fourth-order valence-corrected chi connectivity index (χ4v) is 0.523. The minimum Gasteiger partial charge on any atom is -0.295 e. The molecule has 1 nitrogen and oxygen atoms in total. The van der Waals surface area contributed by atoms with Gasteiger partial charge in [0.15, 0.2) is 5.78 Å². The van der Waals surface area contributed by atoms with Gasteiger partial charge in [-0.15, -0.1) is 0 Å². The van der Waals surface area contributed by atoms with E-state index in [1.165, 1.54) is 5.57 Å². The van der Waals surface area contributed by atoms with Crippen molar-refractivity contribution in [1.29, 1.82) is 0 Å². The molecule has 1 heteroatoms. The average Bonchev–Trinajstić information content (AvgIpc) is 1.87. The summed E-state index contributed by atoms with van der Waals surface area (Å²) in [5.41, 5.74) is 1.17. The van der Waals surface area contributed by atoms with E-state index in [4.69, 9.17) is 0 Å². The largest absolute Gasteiger partial charge is 0.295 e. The van der Waals surface area contributed by atoms with Crippen molar-refractivity contribution in [2.24, 2.45) is 5.92 Å². The van der Waals surface area contributed by atoms with Gasteiger partial charge in [0.2, 0.25) is 0 Å². The van der Waals surface area contributed by atoms with Crippen molar-refractivity contribution in [1.82, 2.24) is 0 Å². The fraction of sp³-hybridized carbons (Fsp3) is 0.667. The maximum absolute atomic E-state index is 10.9. The normalized spacial score (nSPS) is 12.3. The molecule has 0 aliphatic rings. The number of allylic oxidation sites excluding steroid dienone is 2. The van der Waals surface area contributed by atoms with Crippen molar-refractivity contribution in [2.75, 3.05) is 0 Å². The van der Waals surface area contributed by atoms with Gasteiger partial charge in [0.1, 0.15) is 0 Å². The van der Waals surface area contributed by atoms with E-state index in [0.29, 0.717) is 12.3 Å². The highest BCUT2D eigenvalue weighted by molar-refractivity contribution is 5.89. The van der Waals surface area contributed by atoms with Gasteiger partial charge in [0.05, 0.1) is 0 Å². The maximum Gasteiger partial charge on any atom is 0.155 e. The summed E-state index contributed by atoms with van der Waals surface area (Å²) in [6.07, 6.45) is 2.36. The second-order valence-corrected chi connectivity index (χ2v) is 2.86. The highest BCUT2D eigenvalue weighted by Crippen LogP contribution is 2.07. The summed E-state index contributed by atoms with van der Waals surface area (Å²) in [7, 11) is 0. The average molecular weight is 140 g/mol. The molecule has 0 heterocycles. The Kier molecular flexibility index (Phi) is 4.01. The number of hydrogen-bond acceptors (Lipinski definition) is 1. The highest BCUT2D eigenvalue weighted by Gasteiger charge is 1.98. The van der Waals surface area contributed by atoms with Crippen LogP contribution in [0.5, 0.6) is 0 Å². The molecule has 0 aliphatic heterocycles. The van der Waals surface area contributed by atoms with Crippen LogP contribution in [0, 0.1) is 5.92 Å². The third-order valence-corrected chi connectivity index (χ3v) is 1.65. The fourth-order valence-electron chi connectivity index (χ4n) is 0.523. The Morgan fingerprint density at radius 3 is 2.30 bits per heavy atom. The van der Waals surface area contributed by atoms with Crippen LogP contribution in [0.15, 0.2) is 11.6 Å². The molecule has 0 spiro atoms. The number of ketones is 1. The minimum absolute atomic E-state index is 0.228. The van der Waals surface area contributed by atoms with Crippen LogP contribution in [0.2, 0.25) is 0 Å². The van der Waals surface area contributed by atoms with E-state index in [2.05, 4.69) is 13.8 Å². The second kappa shape index (κ2) is 4.26. The van der Waals surface area contributed by atoms with E-state index >= 15 is 0 Å². The number of carbonyl (C=O) groups excluding carboxylic acids is 1. The van der Waals surface area contributed by atoms with Crippen LogP contribution in [0.25, 0.3) is 0 Å². The minimum atomic E-state index is 0.228. The first-order valence-corrected chi connectivity index (χ1v) is 3.79. The Bertz CT molecular complexity index is 143. The topological polar surface area (TPSA) is 17.1 Å². The molecule has 0 aromatic carbocycles. The van der Waals surface area contributed by atoms with E-state index in [9.17, 15) is 4.79 Å². The van der Waals surface area contributed by atoms with Crippen molar-refractivity contribution in [2.45, 2.75) is 34.1 Å². The molecule has 0 saturated carbocycles. The molecule has 0 fully saturated rings. The summed E-state index contributed by atoms with van der Waals surface area (Å²) >= 11 is 0. The lowest BCUT2D eigenvalue weighted by Gasteiger charge is -2.02. The first-order chi connectivity index (χ1) is 4.57. The van der Waals surface area contributed by atoms with E-state index in [0.717, 1.165) is 0 Å². The summed E-state index contributed by atoms with van der Waals surface area (Å²) in [5.74, 6) is 0.724. The molecule has 0 amide bonds. The smallest absolute Gasteiger partial charge is 0.155 e. The lowest BCUT2D eigenvalue weighted by atomic mass is 10.0. The van der Waals surface area contributed by atoms with Gasteiger partial charge in [-0.05, 0) is 18.9 Å². The van der Waals surface area contributed by atoms with Crippen LogP contribution in [0.3, 0.4) is 0 Å². The molecule has 0 radical (unpaired) electrons. The molecule has 10 heavy (non-hydrogen) atoms. The van der Waals surface area contributed by atoms with Crippen LogP contribution in [0.1, 0.15) is 34.1 Å². The summed E-state index contributed by atoms with van der Waals surface area (Å²) in [6.45, 7) is 8.06. The molecular weight excluding hydrogens is 124 g/mol. The number of hydrogen-bond donors (Lipinski definition) is 0. The van der Waals surface area contributed by atoms with E-state index in [-0.39, 0.29) is 5.78 Å². The zero-order chi connectivity index (χ0) is 8.15. The van der Waals surface area contributed by atoms with E-state index in [1.807, 2.05) is 13.8 Å². The predicted octanol–water partition coefficient (Wildman–Crippen LogP) is 2.57. The Labute approximate surface area is 63.1 Å². The maximum atomic E-state index is 10.9. The van der Waals surface area contributed by atoms with Crippen molar-refractivity contribution >= 4 is 5.78 Å². The Balaban J connectivity index is 4.03. The van der Waals surface area contributed by atoms with Gasteiger partial charge in [-0.2, -0.15) is 0 Å². The Morgan fingerprint density at radius 1 is 1.50 bits per heavy atom. The highest BCUT2D eigenvalue weighted by atomic mass is 16.1. The van der Waals surface area contributed by atoms with Crippen molar-refractivity contribution in [3.05, 3.63) is 11.6 Å². The molecule has 0 aromatic rings. The standard InChI is InChI=1S/C9H16O/c1-5-9(10)6-8(4)7(2)3/h6-7H,5H2,1-4H3/b8-6+.